The van der Waals surface area contributed by atoms with E-state index in [9.17, 15) is 5.11 Å². The minimum absolute atomic E-state index is 0.181. The fourth-order valence-corrected chi connectivity index (χ4v) is 2.84. The van der Waals surface area contributed by atoms with E-state index in [4.69, 9.17) is 4.74 Å². The maximum Gasteiger partial charge on any atom is 0.225 e. The van der Waals surface area contributed by atoms with Crippen LogP contribution in [0.4, 0.5) is 5.95 Å². The number of rotatable bonds is 4. The van der Waals surface area contributed by atoms with Gasteiger partial charge in [0.25, 0.3) is 0 Å². The smallest absolute Gasteiger partial charge is 0.225 e. The molecule has 0 spiro atoms. The third-order valence-corrected chi connectivity index (χ3v) is 4.10. The van der Waals surface area contributed by atoms with E-state index in [0.29, 0.717) is 35.1 Å². The van der Waals surface area contributed by atoms with Crippen molar-refractivity contribution in [1.82, 2.24) is 29.9 Å². The average molecular weight is 327 g/mol. The average Bonchev–Trinajstić information content (AvgIpc) is 3.21. The Bertz CT molecular complexity index is 849. The van der Waals surface area contributed by atoms with Crippen LogP contribution >= 0.6 is 0 Å². The molecule has 1 aliphatic rings. The molecule has 2 unspecified atom stereocenters. The summed E-state index contributed by atoms with van der Waals surface area (Å²) in [6.45, 7) is 0. The molecule has 3 aromatic heterocycles. The van der Waals surface area contributed by atoms with Gasteiger partial charge in [-0.25, -0.2) is 9.97 Å². The highest BCUT2D eigenvalue weighted by Gasteiger charge is 2.23. The maximum atomic E-state index is 9.63. The minimum atomic E-state index is -0.248. The molecule has 1 fully saturated rings. The molecule has 0 aliphatic heterocycles. The molecule has 0 bridgehead atoms. The Morgan fingerprint density at radius 3 is 2.88 bits per heavy atom. The fourth-order valence-electron chi connectivity index (χ4n) is 2.84. The summed E-state index contributed by atoms with van der Waals surface area (Å²) in [4.78, 5) is 13.1. The molecule has 0 amide bonds. The van der Waals surface area contributed by atoms with E-state index < -0.39 is 0 Å². The molecular weight excluding hydrogens is 310 g/mol. The van der Waals surface area contributed by atoms with Gasteiger partial charge in [0.05, 0.1) is 25.6 Å². The highest BCUT2D eigenvalue weighted by molar-refractivity contribution is 5.71. The van der Waals surface area contributed by atoms with Gasteiger partial charge in [-0.15, -0.1) is 5.10 Å². The van der Waals surface area contributed by atoms with E-state index in [-0.39, 0.29) is 12.1 Å². The third-order valence-electron chi connectivity index (χ3n) is 4.10. The van der Waals surface area contributed by atoms with Crippen LogP contribution < -0.4 is 10.1 Å². The van der Waals surface area contributed by atoms with Crippen molar-refractivity contribution < 1.29 is 9.84 Å². The number of pyridine rings is 1. The van der Waals surface area contributed by atoms with Crippen molar-refractivity contribution in [1.29, 1.82) is 0 Å². The summed E-state index contributed by atoms with van der Waals surface area (Å²) in [5.41, 5.74) is 1.16. The van der Waals surface area contributed by atoms with Gasteiger partial charge in [0.15, 0.2) is 17.0 Å². The molecule has 0 aromatic carbocycles. The van der Waals surface area contributed by atoms with Crippen LogP contribution in [0.1, 0.15) is 19.3 Å². The van der Waals surface area contributed by atoms with Crippen molar-refractivity contribution >= 4 is 17.1 Å². The first-order valence-electron chi connectivity index (χ1n) is 7.76. The number of aromatic nitrogens is 6. The Kier molecular flexibility index (Phi) is 3.69. The number of aliphatic hydroxyl groups excluding tert-OH is 1. The van der Waals surface area contributed by atoms with E-state index in [2.05, 4.69) is 30.6 Å². The fraction of sp³-hybridized carbons (Fsp3) is 0.400. The number of hydrogen-bond donors (Lipinski definition) is 2. The second kappa shape index (κ2) is 6.00. The molecule has 4 rings (SSSR count). The molecule has 3 heterocycles. The Balaban J connectivity index is 1.65. The molecule has 1 saturated carbocycles. The van der Waals surface area contributed by atoms with Crippen LogP contribution in [0.2, 0.25) is 0 Å². The standard InChI is InChI=1S/C15H17N7O2/c1-24-11-4-5-13(16-7-11)22-14-12(20-21-22)8-17-15(19-14)18-9-2-3-10(23)6-9/h4-5,7-10,23H,2-3,6H2,1H3,(H,17,18,19). The molecule has 3 aromatic rings. The number of anilines is 1. The number of hydrogen-bond acceptors (Lipinski definition) is 8. The molecule has 2 N–H and O–H groups in total. The first-order valence-corrected chi connectivity index (χ1v) is 7.76. The Labute approximate surface area is 137 Å². The quantitative estimate of drug-likeness (QED) is 0.728. The van der Waals surface area contributed by atoms with Gasteiger partial charge in [0.2, 0.25) is 5.95 Å². The lowest BCUT2D eigenvalue weighted by atomic mass is 10.2. The van der Waals surface area contributed by atoms with Gasteiger partial charge < -0.3 is 15.2 Å². The van der Waals surface area contributed by atoms with E-state index in [1.807, 2.05) is 0 Å². The van der Waals surface area contributed by atoms with Crippen LogP contribution in [-0.2, 0) is 0 Å². The molecular formula is C15H17N7O2. The summed E-state index contributed by atoms with van der Waals surface area (Å²) < 4.78 is 6.67. The van der Waals surface area contributed by atoms with Crippen LogP contribution in [-0.4, -0.2) is 54.3 Å². The first kappa shape index (κ1) is 14.8. The summed E-state index contributed by atoms with van der Waals surface area (Å²) in [6.07, 6.45) is 5.40. The third kappa shape index (κ3) is 2.73. The first-order chi connectivity index (χ1) is 11.7. The van der Waals surface area contributed by atoms with Gasteiger partial charge in [-0.2, -0.15) is 9.67 Å². The van der Waals surface area contributed by atoms with Crippen molar-refractivity contribution in [2.45, 2.75) is 31.4 Å². The molecule has 24 heavy (non-hydrogen) atoms. The van der Waals surface area contributed by atoms with Crippen LogP contribution in [0.25, 0.3) is 17.0 Å². The molecule has 9 heteroatoms. The maximum absolute atomic E-state index is 9.63. The summed E-state index contributed by atoms with van der Waals surface area (Å²) in [6, 6.07) is 3.77. The lowest BCUT2D eigenvalue weighted by Crippen LogP contribution is -2.18. The van der Waals surface area contributed by atoms with E-state index in [1.165, 1.54) is 0 Å². The van der Waals surface area contributed by atoms with E-state index in [1.54, 1.807) is 36.3 Å². The Hall–Kier alpha value is -2.81. The van der Waals surface area contributed by atoms with Crippen molar-refractivity contribution in [3.8, 4) is 11.6 Å². The van der Waals surface area contributed by atoms with Crippen molar-refractivity contribution in [2.75, 3.05) is 12.4 Å². The lowest BCUT2D eigenvalue weighted by molar-refractivity contribution is 0.182. The second-order valence-electron chi connectivity index (χ2n) is 5.77. The number of aliphatic hydroxyl groups is 1. The highest BCUT2D eigenvalue weighted by atomic mass is 16.5. The second-order valence-corrected chi connectivity index (χ2v) is 5.77. The van der Waals surface area contributed by atoms with E-state index >= 15 is 0 Å². The van der Waals surface area contributed by atoms with Gasteiger partial charge in [-0.1, -0.05) is 5.21 Å². The number of fused-ring (bicyclic) bond motifs is 1. The van der Waals surface area contributed by atoms with Gasteiger partial charge in [-0.3, -0.25) is 0 Å². The largest absolute Gasteiger partial charge is 0.495 e. The predicted molar refractivity (Wildman–Crippen MR) is 86.1 cm³/mol. The summed E-state index contributed by atoms with van der Waals surface area (Å²) >= 11 is 0. The molecule has 9 nitrogen and oxygen atoms in total. The minimum Gasteiger partial charge on any atom is -0.495 e. The highest BCUT2D eigenvalue weighted by Crippen LogP contribution is 2.22. The Morgan fingerprint density at radius 1 is 1.25 bits per heavy atom. The molecule has 0 saturated heterocycles. The van der Waals surface area contributed by atoms with E-state index in [0.717, 1.165) is 12.8 Å². The summed E-state index contributed by atoms with van der Waals surface area (Å²) in [7, 11) is 1.59. The van der Waals surface area contributed by atoms with Crippen LogP contribution in [0.15, 0.2) is 24.5 Å². The SMILES string of the molecule is COc1ccc(-n2nnc3cnc(NC4CCC(O)C4)nc32)nc1. The molecule has 0 radical (unpaired) electrons. The summed E-state index contributed by atoms with van der Waals surface area (Å²) in [5, 5.41) is 21.1. The zero-order valence-corrected chi connectivity index (χ0v) is 13.1. The lowest BCUT2D eigenvalue weighted by Gasteiger charge is -2.11. The zero-order valence-electron chi connectivity index (χ0n) is 13.1. The van der Waals surface area contributed by atoms with Crippen molar-refractivity contribution in [3.05, 3.63) is 24.5 Å². The number of methoxy groups -OCH3 is 1. The zero-order chi connectivity index (χ0) is 16.5. The van der Waals surface area contributed by atoms with Crippen LogP contribution in [0.5, 0.6) is 5.75 Å². The monoisotopic (exact) mass is 327 g/mol. The van der Waals surface area contributed by atoms with Gasteiger partial charge in [0, 0.05) is 6.04 Å². The van der Waals surface area contributed by atoms with Crippen LogP contribution in [0, 0.1) is 0 Å². The molecule has 124 valence electrons. The van der Waals surface area contributed by atoms with Gasteiger partial charge in [0.1, 0.15) is 5.75 Å². The Morgan fingerprint density at radius 2 is 2.17 bits per heavy atom. The molecule has 1 aliphatic carbocycles. The molecule has 2 atom stereocenters. The van der Waals surface area contributed by atoms with Crippen molar-refractivity contribution in [2.24, 2.45) is 0 Å². The van der Waals surface area contributed by atoms with Gasteiger partial charge >= 0.3 is 0 Å². The normalized spacial score (nSPS) is 20.4. The number of nitrogens with one attached hydrogen (secondary N) is 1. The number of nitrogens with zero attached hydrogens (tertiary/aromatic N) is 6. The number of ether oxygens (including phenoxy) is 1. The van der Waals surface area contributed by atoms with Gasteiger partial charge in [-0.05, 0) is 31.4 Å². The topological polar surface area (TPSA) is 111 Å². The van der Waals surface area contributed by atoms with Crippen molar-refractivity contribution in [3.63, 3.8) is 0 Å². The predicted octanol–water partition coefficient (Wildman–Crippen LogP) is 0.939. The summed E-state index contributed by atoms with van der Waals surface area (Å²) in [5.74, 6) is 1.76. The van der Waals surface area contributed by atoms with Crippen LogP contribution in [0.3, 0.4) is 0 Å².